The van der Waals surface area contributed by atoms with Gasteiger partial charge in [0.05, 0.1) is 33.6 Å². The van der Waals surface area contributed by atoms with E-state index in [0.717, 1.165) is 22.6 Å². The normalized spacial score (nSPS) is 15.1. The lowest BCUT2D eigenvalue weighted by molar-refractivity contribution is -0.384. The van der Waals surface area contributed by atoms with Crippen LogP contribution in [0, 0.1) is 17.0 Å². The number of benzene rings is 3. The molecule has 5 nitrogen and oxygen atoms in total. The molecule has 5 rings (SSSR count). The molecule has 27 heavy (non-hydrogen) atoms. The smallest absolute Gasteiger partial charge is 0.269 e. The number of hydrogen-bond donors (Lipinski definition) is 1. The lowest BCUT2D eigenvalue weighted by Gasteiger charge is -2.30. The second kappa shape index (κ2) is 5.71. The number of nitro benzene ring substituents is 1. The van der Waals surface area contributed by atoms with Crippen molar-refractivity contribution >= 4 is 22.3 Å². The molecule has 5 heteroatoms. The highest BCUT2D eigenvalue weighted by Gasteiger charge is 2.27. The molecule has 4 aromatic rings. The summed E-state index contributed by atoms with van der Waals surface area (Å²) < 4.78 is 2.29. The first-order valence-corrected chi connectivity index (χ1v) is 8.85. The van der Waals surface area contributed by atoms with Crippen LogP contribution in [0.4, 0.5) is 11.4 Å². The third-order valence-corrected chi connectivity index (χ3v) is 5.27. The van der Waals surface area contributed by atoms with Gasteiger partial charge in [0, 0.05) is 17.5 Å². The van der Waals surface area contributed by atoms with Gasteiger partial charge in [-0.2, -0.15) is 0 Å². The van der Waals surface area contributed by atoms with E-state index in [4.69, 9.17) is 0 Å². The van der Waals surface area contributed by atoms with Crippen LogP contribution in [-0.4, -0.2) is 9.49 Å². The molecule has 1 unspecified atom stereocenters. The summed E-state index contributed by atoms with van der Waals surface area (Å²) in [7, 11) is 0. The SMILES string of the molecule is Cc1cccc2c1cc1n2-c2ccccc2NC1c1ccc([N+](=O)[O-])cc1. The maximum absolute atomic E-state index is 11.0. The minimum Gasteiger partial charge on any atom is -0.371 e. The first-order chi connectivity index (χ1) is 13.1. The minimum atomic E-state index is -0.367. The average Bonchev–Trinajstić information content (AvgIpc) is 3.09. The quantitative estimate of drug-likeness (QED) is 0.389. The first kappa shape index (κ1) is 15.6. The molecule has 0 saturated heterocycles. The van der Waals surface area contributed by atoms with Gasteiger partial charge in [0.1, 0.15) is 0 Å². The van der Waals surface area contributed by atoms with E-state index >= 15 is 0 Å². The molecule has 0 aliphatic carbocycles. The first-order valence-electron chi connectivity index (χ1n) is 8.85. The molecule has 0 bridgehead atoms. The molecular weight excluding hydrogens is 338 g/mol. The molecule has 1 aliphatic heterocycles. The van der Waals surface area contributed by atoms with Crippen LogP contribution in [0.5, 0.6) is 0 Å². The lowest BCUT2D eigenvalue weighted by atomic mass is 10.00. The molecule has 0 radical (unpaired) electrons. The van der Waals surface area contributed by atoms with Crippen molar-refractivity contribution in [3.63, 3.8) is 0 Å². The van der Waals surface area contributed by atoms with Gasteiger partial charge in [-0.3, -0.25) is 10.1 Å². The zero-order valence-electron chi connectivity index (χ0n) is 14.7. The second-order valence-corrected chi connectivity index (χ2v) is 6.86. The minimum absolute atomic E-state index is 0.0764. The van der Waals surface area contributed by atoms with Gasteiger partial charge >= 0.3 is 0 Å². The van der Waals surface area contributed by atoms with E-state index in [1.807, 2.05) is 24.3 Å². The van der Waals surface area contributed by atoms with Gasteiger partial charge in [-0.15, -0.1) is 0 Å². The van der Waals surface area contributed by atoms with Crippen LogP contribution >= 0.6 is 0 Å². The summed E-state index contributed by atoms with van der Waals surface area (Å²) >= 11 is 0. The summed E-state index contributed by atoms with van der Waals surface area (Å²) in [6.07, 6.45) is 0. The van der Waals surface area contributed by atoms with Crippen molar-refractivity contribution in [2.24, 2.45) is 0 Å². The number of rotatable bonds is 2. The van der Waals surface area contributed by atoms with Gasteiger partial charge in [0.15, 0.2) is 0 Å². The van der Waals surface area contributed by atoms with E-state index in [0.29, 0.717) is 0 Å². The van der Waals surface area contributed by atoms with Gasteiger partial charge < -0.3 is 9.88 Å². The third-order valence-electron chi connectivity index (χ3n) is 5.27. The maximum atomic E-state index is 11.0. The number of anilines is 1. The number of para-hydroxylation sites is 2. The van der Waals surface area contributed by atoms with Crippen LogP contribution in [0.3, 0.4) is 0 Å². The van der Waals surface area contributed by atoms with E-state index in [1.165, 1.54) is 16.5 Å². The van der Waals surface area contributed by atoms with Gasteiger partial charge in [-0.25, -0.2) is 0 Å². The van der Waals surface area contributed by atoms with Crippen molar-refractivity contribution < 1.29 is 4.92 Å². The van der Waals surface area contributed by atoms with Crippen LogP contribution in [0.25, 0.3) is 16.6 Å². The van der Waals surface area contributed by atoms with E-state index in [9.17, 15) is 10.1 Å². The number of nitro groups is 1. The number of aryl methyl sites for hydroxylation is 1. The largest absolute Gasteiger partial charge is 0.371 e. The van der Waals surface area contributed by atoms with Crippen LogP contribution in [-0.2, 0) is 0 Å². The van der Waals surface area contributed by atoms with Crippen molar-refractivity contribution in [1.29, 1.82) is 0 Å². The maximum Gasteiger partial charge on any atom is 0.269 e. The molecule has 1 aromatic heterocycles. The van der Waals surface area contributed by atoms with Crippen LogP contribution in [0.2, 0.25) is 0 Å². The van der Waals surface area contributed by atoms with E-state index < -0.39 is 0 Å². The van der Waals surface area contributed by atoms with Crippen LogP contribution < -0.4 is 5.32 Å². The summed E-state index contributed by atoms with van der Waals surface area (Å²) in [5.41, 5.74) is 6.80. The van der Waals surface area contributed by atoms with Crippen molar-refractivity contribution in [3.8, 4) is 5.69 Å². The molecule has 0 spiro atoms. The van der Waals surface area contributed by atoms with E-state index in [1.54, 1.807) is 12.1 Å². The molecular formula is C22H17N3O2. The topological polar surface area (TPSA) is 60.1 Å². The Morgan fingerprint density at radius 1 is 1.00 bits per heavy atom. The van der Waals surface area contributed by atoms with Crippen molar-refractivity contribution in [3.05, 3.63) is 99.7 Å². The molecule has 0 fully saturated rings. The average molecular weight is 355 g/mol. The Balaban J connectivity index is 1.76. The molecule has 3 aromatic carbocycles. The fourth-order valence-corrected chi connectivity index (χ4v) is 3.94. The number of hydrogen-bond acceptors (Lipinski definition) is 3. The summed E-state index contributed by atoms with van der Waals surface area (Å²) in [4.78, 5) is 10.6. The predicted molar refractivity (Wildman–Crippen MR) is 107 cm³/mol. The molecule has 132 valence electrons. The highest BCUT2D eigenvalue weighted by atomic mass is 16.6. The molecule has 1 atom stereocenters. The zero-order chi connectivity index (χ0) is 18.5. The monoisotopic (exact) mass is 355 g/mol. The highest BCUT2D eigenvalue weighted by Crippen LogP contribution is 2.41. The number of nitrogens with one attached hydrogen (secondary N) is 1. The summed E-state index contributed by atoms with van der Waals surface area (Å²) in [6, 6.07) is 23.5. The van der Waals surface area contributed by atoms with Crippen LogP contribution in [0.1, 0.15) is 22.9 Å². The molecule has 1 aliphatic rings. The summed E-state index contributed by atoms with van der Waals surface area (Å²) in [6.45, 7) is 2.12. The van der Waals surface area contributed by atoms with Crippen molar-refractivity contribution in [2.75, 3.05) is 5.32 Å². The number of non-ortho nitro benzene ring substituents is 1. The standard InChI is InChI=1S/C22H17N3O2/c1-14-5-4-8-19-17(14)13-21-22(15-9-11-16(12-10-15)25(26)27)23-18-6-2-3-7-20(18)24(19)21/h2-13,22-23H,1H3. The van der Waals surface area contributed by atoms with Gasteiger partial charge in [-0.05, 0) is 54.4 Å². The summed E-state index contributed by atoms with van der Waals surface area (Å²) in [5.74, 6) is 0. The second-order valence-electron chi connectivity index (χ2n) is 6.86. The molecule has 1 N–H and O–H groups in total. The fourth-order valence-electron chi connectivity index (χ4n) is 3.94. The number of nitrogens with zero attached hydrogens (tertiary/aromatic N) is 2. The Labute approximate surface area is 156 Å². The highest BCUT2D eigenvalue weighted by molar-refractivity contribution is 5.89. The predicted octanol–water partition coefficient (Wildman–Crippen LogP) is 5.36. The Hall–Kier alpha value is -3.60. The molecule has 2 heterocycles. The zero-order valence-corrected chi connectivity index (χ0v) is 14.7. The van der Waals surface area contributed by atoms with Gasteiger partial charge in [0.2, 0.25) is 0 Å². The van der Waals surface area contributed by atoms with Gasteiger partial charge in [0.25, 0.3) is 5.69 Å². The number of aromatic nitrogens is 1. The molecule has 0 saturated carbocycles. The van der Waals surface area contributed by atoms with Crippen molar-refractivity contribution in [2.45, 2.75) is 13.0 Å². The Morgan fingerprint density at radius 2 is 1.78 bits per heavy atom. The Morgan fingerprint density at radius 3 is 2.56 bits per heavy atom. The lowest BCUT2D eigenvalue weighted by Crippen LogP contribution is -2.22. The number of fused-ring (bicyclic) bond motifs is 5. The Bertz CT molecular complexity index is 1190. The summed E-state index contributed by atoms with van der Waals surface area (Å²) in [5, 5.41) is 15.8. The van der Waals surface area contributed by atoms with E-state index in [2.05, 4.69) is 53.2 Å². The molecule has 0 amide bonds. The van der Waals surface area contributed by atoms with E-state index in [-0.39, 0.29) is 16.7 Å². The Kier molecular flexibility index (Phi) is 3.31. The third kappa shape index (κ3) is 2.32. The van der Waals surface area contributed by atoms with Gasteiger partial charge in [-0.1, -0.05) is 24.3 Å². The van der Waals surface area contributed by atoms with Crippen LogP contribution in [0.15, 0.2) is 72.8 Å². The fraction of sp³-hybridized carbons (Fsp3) is 0.0909. The van der Waals surface area contributed by atoms with Crippen molar-refractivity contribution in [1.82, 2.24) is 4.57 Å².